The van der Waals surface area contributed by atoms with Crippen LogP contribution >= 0.6 is 0 Å². The number of benzene rings is 2. The largest absolute Gasteiger partial charge is 0.453 e. The Bertz CT molecular complexity index is 1600. The number of carbonyl (C=O) groups is 1. The summed E-state index contributed by atoms with van der Waals surface area (Å²) in [5, 5.41) is 0.505. The molecule has 1 aliphatic rings. The molecule has 0 spiro atoms. The van der Waals surface area contributed by atoms with Crippen molar-refractivity contribution in [1.29, 1.82) is 0 Å². The van der Waals surface area contributed by atoms with Gasteiger partial charge in [0.25, 0.3) is 5.56 Å². The third-order valence-corrected chi connectivity index (χ3v) is 7.21. The standard InChI is InChI=1S/C28H30F2N6O4/c1-17-5-8-24(40-26(29)30)20(11-17)16-36-23-12-19(6-7-22(23)25(37)33(36)3)21-13-31-27(32-14-21)34-9-10-35(18(2)15-34)28(38)39-4/h5-8,11-14,18,26H,9-10,15-16H2,1-4H3/t18-/m1/s1. The van der Waals surface area contributed by atoms with Gasteiger partial charge in [0.05, 0.1) is 24.6 Å². The van der Waals surface area contributed by atoms with Gasteiger partial charge in [0, 0.05) is 56.2 Å². The van der Waals surface area contributed by atoms with Crippen LogP contribution in [0.1, 0.15) is 18.1 Å². The first-order valence-electron chi connectivity index (χ1n) is 12.8. The van der Waals surface area contributed by atoms with Crippen LogP contribution in [-0.4, -0.2) is 69.7 Å². The van der Waals surface area contributed by atoms with E-state index in [2.05, 4.69) is 9.97 Å². The highest BCUT2D eigenvalue weighted by atomic mass is 19.3. The third kappa shape index (κ3) is 5.21. The Kier molecular flexibility index (Phi) is 7.42. The highest BCUT2D eigenvalue weighted by molar-refractivity contribution is 5.84. The molecule has 5 rings (SSSR count). The van der Waals surface area contributed by atoms with Gasteiger partial charge in [-0.1, -0.05) is 23.8 Å². The molecule has 0 bridgehead atoms. The third-order valence-electron chi connectivity index (χ3n) is 7.21. The van der Waals surface area contributed by atoms with Crippen LogP contribution in [0, 0.1) is 6.92 Å². The quantitative estimate of drug-likeness (QED) is 0.357. The van der Waals surface area contributed by atoms with Gasteiger partial charge in [0.15, 0.2) is 0 Å². The van der Waals surface area contributed by atoms with Crippen LogP contribution < -0.4 is 15.2 Å². The number of amides is 1. The van der Waals surface area contributed by atoms with Gasteiger partial charge in [-0.15, -0.1) is 0 Å². The first kappa shape index (κ1) is 27.1. The molecule has 10 nitrogen and oxygen atoms in total. The number of piperazine rings is 1. The van der Waals surface area contributed by atoms with Gasteiger partial charge in [-0.25, -0.2) is 14.8 Å². The van der Waals surface area contributed by atoms with Crippen molar-refractivity contribution in [1.82, 2.24) is 24.2 Å². The number of nitrogens with zero attached hydrogens (tertiary/aromatic N) is 6. The van der Waals surface area contributed by atoms with E-state index in [-0.39, 0.29) is 30.0 Å². The number of rotatable bonds is 6. The molecule has 1 saturated heterocycles. The smallest absolute Gasteiger partial charge is 0.409 e. The maximum Gasteiger partial charge on any atom is 0.409 e. The molecule has 0 N–H and O–H groups in total. The first-order valence-corrected chi connectivity index (χ1v) is 12.8. The monoisotopic (exact) mass is 552 g/mol. The molecule has 0 unspecified atom stereocenters. The maximum absolute atomic E-state index is 13.0. The minimum atomic E-state index is -2.96. The number of aryl methyl sites for hydroxylation is 1. The fourth-order valence-corrected chi connectivity index (χ4v) is 5.11. The molecule has 40 heavy (non-hydrogen) atoms. The molecule has 0 saturated carbocycles. The molecule has 0 aliphatic carbocycles. The van der Waals surface area contributed by atoms with Gasteiger partial charge in [0.1, 0.15) is 5.75 Å². The molecule has 3 heterocycles. The second kappa shape index (κ2) is 10.9. The van der Waals surface area contributed by atoms with Crippen LogP contribution in [-0.2, 0) is 18.3 Å². The number of methoxy groups -OCH3 is 1. The second-order valence-corrected chi connectivity index (χ2v) is 9.84. The van der Waals surface area contributed by atoms with Gasteiger partial charge < -0.3 is 19.3 Å². The number of alkyl halides is 2. The van der Waals surface area contributed by atoms with Gasteiger partial charge in [0.2, 0.25) is 5.95 Å². The average Bonchev–Trinajstić information content (AvgIpc) is 3.18. The van der Waals surface area contributed by atoms with E-state index in [9.17, 15) is 18.4 Å². The Balaban J connectivity index is 1.43. The summed E-state index contributed by atoms with van der Waals surface area (Å²) in [5.74, 6) is 0.626. The summed E-state index contributed by atoms with van der Waals surface area (Å²) in [5.41, 5.74) is 3.43. The Labute approximate surface area is 229 Å². The van der Waals surface area contributed by atoms with Crippen molar-refractivity contribution in [2.24, 2.45) is 7.05 Å². The molecule has 1 atom stereocenters. The lowest BCUT2D eigenvalue weighted by atomic mass is 10.1. The first-order chi connectivity index (χ1) is 19.2. The Hall–Kier alpha value is -4.48. The highest BCUT2D eigenvalue weighted by Crippen LogP contribution is 2.27. The van der Waals surface area contributed by atoms with E-state index in [0.29, 0.717) is 42.0 Å². The molecule has 0 radical (unpaired) electrons. The second-order valence-electron chi connectivity index (χ2n) is 9.84. The Morgan fingerprint density at radius 1 is 1.10 bits per heavy atom. The number of halogens is 2. The van der Waals surface area contributed by atoms with Crippen LogP contribution in [0.2, 0.25) is 0 Å². The van der Waals surface area contributed by atoms with Crippen molar-refractivity contribution in [2.45, 2.75) is 33.0 Å². The molecular formula is C28H30F2N6O4. The summed E-state index contributed by atoms with van der Waals surface area (Å²) >= 11 is 0. The van der Waals surface area contributed by atoms with Crippen molar-refractivity contribution in [3.63, 3.8) is 0 Å². The molecule has 1 aliphatic heterocycles. The van der Waals surface area contributed by atoms with E-state index in [4.69, 9.17) is 9.47 Å². The molecular weight excluding hydrogens is 522 g/mol. The molecule has 2 aromatic heterocycles. The zero-order valence-corrected chi connectivity index (χ0v) is 22.7. The Morgan fingerprint density at radius 3 is 2.52 bits per heavy atom. The van der Waals surface area contributed by atoms with Crippen LogP contribution in [0.15, 0.2) is 53.6 Å². The van der Waals surface area contributed by atoms with E-state index in [0.717, 1.165) is 16.7 Å². The average molecular weight is 553 g/mol. The molecule has 210 valence electrons. The fourth-order valence-electron chi connectivity index (χ4n) is 5.11. The zero-order chi connectivity index (χ0) is 28.6. The van der Waals surface area contributed by atoms with Crippen molar-refractivity contribution in [3.05, 3.63) is 70.3 Å². The number of aromatic nitrogens is 4. The molecule has 12 heteroatoms. The zero-order valence-electron chi connectivity index (χ0n) is 22.7. The topological polar surface area (TPSA) is 94.7 Å². The lowest BCUT2D eigenvalue weighted by Crippen LogP contribution is -2.54. The van der Waals surface area contributed by atoms with Crippen molar-refractivity contribution >= 4 is 22.9 Å². The minimum absolute atomic E-state index is 0.0540. The lowest BCUT2D eigenvalue weighted by Gasteiger charge is -2.38. The Morgan fingerprint density at radius 2 is 1.85 bits per heavy atom. The summed E-state index contributed by atoms with van der Waals surface area (Å²) in [6.45, 7) is 2.68. The highest BCUT2D eigenvalue weighted by Gasteiger charge is 2.29. The number of hydrogen-bond donors (Lipinski definition) is 0. The summed E-state index contributed by atoms with van der Waals surface area (Å²) in [6, 6.07) is 10.4. The van der Waals surface area contributed by atoms with E-state index < -0.39 is 6.61 Å². The van der Waals surface area contributed by atoms with Crippen LogP contribution in [0.25, 0.3) is 22.0 Å². The summed E-state index contributed by atoms with van der Waals surface area (Å²) in [4.78, 5) is 37.7. The van der Waals surface area contributed by atoms with Crippen LogP contribution in [0.5, 0.6) is 5.75 Å². The molecule has 1 amide bonds. The van der Waals surface area contributed by atoms with E-state index in [1.165, 1.54) is 17.9 Å². The van der Waals surface area contributed by atoms with E-state index in [1.807, 2.05) is 30.9 Å². The summed E-state index contributed by atoms with van der Waals surface area (Å²) in [6.07, 6.45) is 3.10. The predicted molar refractivity (Wildman–Crippen MR) is 146 cm³/mol. The van der Waals surface area contributed by atoms with Crippen LogP contribution in [0.4, 0.5) is 19.5 Å². The normalized spacial score (nSPS) is 15.6. The number of ether oxygens (including phenoxy) is 2. The molecule has 1 fully saturated rings. The van der Waals surface area contributed by atoms with Gasteiger partial charge in [-0.3, -0.25) is 14.2 Å². The molecule has 2 aromatic carbocycles. The SMILES string of the molecule is COC(=O)N1CCN(c2ncc(-c3ccc4c(=O)n(C)n(Cc5cc(C)ccc5OC(F)F)c4c3)cn2)C[C@H]1C. The molecule has 4 aromatic rings. The number of fused-ring (bicyclic) bond motifs is 1. The van der Waals surface area contributed by atoms with Crippen molar-refractivity contribution < 1.29 is 23.0 Å². The number of hydrogen-bond acceptors (Lipinski definition) is 7. The number of anilines is 1. The summed E-state index contributed by atoms with van der Waals surface area (Å²) in [7, 11) is 3.02. The fraction of sp³-hybridized carbons (Fsp3) is 0.357. The van der Waals surface area contributed by atoms with Crippen molar-refractivity contribution in [3.8, 4) is 16.9 Å². The van der Waals surface area contributed by atoms with Gasteiger partial charge >= 0.3 is 12.7 Å². The number of carbonyl (C=O) groups excluding carboxylic acids is 1. The van der Waals surface area contributed by atoms with Crippen LogP contribution in [0.3, 0.4) is 0 Å². The van der Waals surface area contributed by atoms with Crippen molar-refractivity contribution in [2.75, 3.05) is 31.6 Å². The minimum Gasteiger partial charge on any atom is -0.453 e. The van der Waals surface area contributed by atoms with Gasteiger partial charge in [-0.2, -0.15) is 8.78 Å². The van der Waals surface area contributed by atoms with E-state index >= 15 is 0 Å². The summed E-state index contributed by atoms with van der Waals surface area (Å²) < 4.78 is 38.9. The maximum atomic E-state index is 13.0. The predicted octanol–water partition coefficient (Wildman–Crippen LogP) is 4.03. The van der Waals surface area contributed by atoms with E-state index in [1.54, 1.807) is 47.2 Å². The van der Waals surface area contributed by atoms with Gasteiger partial charge in [-0.05, 0) is 37.6 Å². The lowest BCUT2D eigenvalue weighted by molar-refractivity contribution is -0.0505.